The van der Waals surface area contributed by atoms with Gasteiger partial charge in [-0.3, -0.25) is 10.5 Å². The summed E-state index contributed by atoms with van der Waals surface area (Å²) in [6.45, 7) is 5.49. The van der Waals surface area contributed by atoms with Crippen LogP contribution in [0, 0.1) is 35.0 Å². The van der Waals surface area contributed by atoms with Crippen molar-refractivity contribution in [1.82, 2.24) is 0 Å². The zero-order valence-electron chi connectivity index (χ0n) is 26.3. The van der Waals surface area contributed by atoms with E-state index in [0.29, 0.717) is 42.8 Å². The van der Waals surface area contributed by atoms with Crippen LogP contribution in [-0.2, 0) is 9.78 Å². The Morgan fingerprint density at radius 2 is 1.45 bits per heavy atom. The van der Waals surface area contributed by atoms with Gasteiger partial charge in [-0.2, -0.15) is 0 Å². The van der Waals surface area contributed by atoms with Gasteiger partial charge in [0.2, 0.25) is 0 Å². The molecule has 0 saturated heterocycles. The molecule has 1 spiro atoms. The van der Waals surface area contributed by atoms with E-state index in [4.69, 9.17) is 9.78 Å². The van der Waals surface area contributed by atoms with Gasteiger partial charge in [-0.15, -0.1) is 0 Å². The van der Waals surface area contributed by atoms with Gasteiger partial charge in [0.15, 0.2) is 0 Å². The molecule has 4 nitrogen and oxygen atoms in total. The van der Waals surface area contributed by atoms with Crippen molar-refractivity contribution in [1.29, 1.82) is 0 Å². The van der Waals surface area contributed by atoms with Crippen molar-refractivity contribution in [3.63, 3.8) is 0 Å². The van der Waals surface area contributed by atoms with Gasteiger partial charge in [-0.05, 0) is 74.0 Å². The van der Waals surface area contributed by atoms with Crippen molar-refractivity contribution < 1.29 is 20.3 Å². The van der Waals surface area contributed by atoms with Gasteiger partial charge in [0.05, 0.1) is 13.2 Å². The van der Waals surface area contributed by atoms with Crippen molar-refractivity contribution in [3.05, 3.63) is 23.8 Å². The topological polar surface area (TPSA) is 58.9 Å². The zero-order valence-corrected chi connectivity index (χ0v) is 26.3. The summed E-state index contributed by atoms with van der Waals surface area (Å²) in [6, 6.07) is 0. The molecule has 0 aromatic carbocycles. The highest BCUT2D eigenvalue weighted by Crippen LogP contribution is 2.56. The first-order valence-electron chi connectivity index (χ1n) is 17.6. The average molecular weight is 561 g/mol. The van der Waals surface area contributed by atoms with Crippen LogP contribution >= 0.6 is 0 Å². The van der Waals surface area contributed by atoms with Crippen LogP contribution in [-0.4, -0.2) is 23.7 Å². The predicted molar refractivity (Wildman–Crippen MR) is 167 cm³/mol. The van der Waals surface area contributed by atoms with Crippen molar-refractivity contribution in [2.45, 2.75) is 155 Å². The summed E-state index contributed by atoms with van der Waals surface area (Å²) < 4.78 is 0. The van der Waals surface area contributed by atoms with E-state index in [1.807, 2.05) is 0 Å². The molecule has 3 rings (SSSR count). The van der Waals surface area contributed by atoms with Gasteiger partial charge < -0.3 is 0 Å². The molecule has 2 N–H and O–H groups in total. The minimum atomic E-state index is 0.0402. The van der Waals surface area contributed by atoms with E-state index >= 15 is 0 Å². The Morgan fingerprint density at radius 1 is 0.775 bits per heavy atom. The normalized spacial score (nSPS) is 33.0. The fourth-order valence-electron chi connectivity index (χ4n) is 8.65. The highest BCUT2D eigenvalue weighted by molar-refractivity contribution is 5.23. The minimum absolute atomic E-state index is 0.0402. The summed E-state index contributed by atoms with van der Waals surface area (Å²) in [4.78, 5) is 9.84. The molecule has 2 fully saturated rings. The third kappa shape index (κ3) is 9.96. The maximum absolute atomic E-state index is 9.78. The van der Waals surface area contributed by atoms with Crippen LogP contribution in [0.4, 0.5) is 0 Å². The summed E-state index contributed by atoms with van der Waals surface area (Å²) in [5, 5.41) is 19.3. The molecule has 0 radical (unpaired) electrons. The van der Waals surface area contributed by atoms with E-state index in [2.05, 4.69) is 32.1 Å². The van der Waals surface area contributed by atoms with Gasteiger partial charge in [0.25, 0.3) is 0 Å². The molecule has 4 heteroatoms. The van der Waals surface area contributed by atoms with E-state index in [0.717, 1.165) is 19.3 Å². The fourth-order valence-corrected chi connectivity index (χ4v) is 8.65. The Balaban J connectivity index is 2.07. The first-order chi connectivity index (χ1) is 19.7. The van der Waals surface area contributed by atoms with Crippen LogP contribution in [0.25, 0.3) is 0 Å². The Bertz CT molecular complexity index is 718. The van der Waals surface area contributed by atoms with Crippen LogP contribution in [0.3, 0.4) is 0 Å². The quantitative estimate of drug-likeness (QED) is 0.0905. The third-order valence-electron chi connectivity index (χ3n) is 11.0. The average Bonchev–Trinajstić information content (AvgIpc) is 2.94. The molecule has 40 heavy (non-hydrogen) atoms. The smallest absolute Gasteiger partial charge is 0.0884 e. The van der Waals surface area contributed by atoms with Crippen LogP contribution in [0.1, 0.15) is 155 Å². The zero-order chi connectivity index (χ0) is 28.5. The van der Waals surface area contributed by atoms with Crippen molar-refractivity contribution in [3.8, 4) is 0 Å². The van der Waals surface area contributed by atoms with Gasteiger partial charge in [-0.25, -0.2) is 9.78 Å². The van der Waals surface area contributed by atoms with Crippen molar-refractivity contribution in [2.75, 3.05) is 13.2 Å². The van der Waals surface area contributed by atoms with Crippen LogP contribution in [0.5, 0.6) is 0 Å². The van der Waals surface area contributed by atoms with Crippen molar-refractivity contribution >= 4 is 0 Å². The van der Waals surface area contributed by atoms with Crippen LogP contribution in [0.15, 0.2) is 23.8 Å². The lowest BCUT2D eigenvalue weighted by molar-refractivity contribution is -0.259. The molecule has 3 aliphatic rings. The number of rotatable bonds is 15. The molecule has 0 bridgehead atoms. The minimum Gasteiger partial charge on any atom is -0.252 e. The summed E-state index contributed by atoms with van der Waals surface area (Å²) in [5.74, 6) is 2.39. The van der Waals surface area contributed by atoms with Gasteiger partial charge in [0, 0.05) is 5.92 Å². The first-order valence-corrected chi connectivity index (χ1v) is 17.6. The molecule has 6 atom stereocenters. The lowest BCUT2D eigenvalue weighted by Crippen LogP contribution is -2.46. The van der Waals surface area contributed by atoms with E-state index in [1.165, 1.54) is 122 Å². The lowest BCUT2D eigenvalue weighted by Gasteiger charge is -2.52. The third-order valence-corrected chi connectivity index (χ3v) is 11.0. The van der Waals surface area contributed by atoms with E-state index in [-0.39, 0.29) is 5.41 Å². The molecule has 232 valence electrons. The standard InChI is InChI=1S/C36H64O4/c1-3-5-7-13-19-30-24-26-36(25-18-12-11-16-22-33(36)29-40-38)35(34(30)23-17-8-6-4-2)27-31-20-14-9-10-15-21-32(31)28-39-37/h24,26-27,30,32-35,37-38H,3-23,25,28-29H2,1-2H3/b31-27-. The molecule has 0 aromatic rings. The van der Waals surface area contributed by atoms with Crippen molar-refractivity contribution in [2.24, 2.45) is 35.0 Å². The Labute approximate surface area is 247 Å². The summed E-state index contributed by atoms with van der Waals surface area (Å²) in [5.41, 5.74) is 1.58. The summed E-state index contributed by atoms with van der Waals surface area (Å²) in [6.07, 6.45) is 36.0. The number of unbranched alkanes of at least 4 members (excludes halogenated alkanes) is 6. The highest BCUT2D eigenvalue weighted by atomic mass is 17.1. The van der Waals surface area contributed by atoms with Gasteiger partial charge in [0.1, 0.15) is 0 Å². The largest absolute Gasteiger partial charge is 0.252 e. The van der Waals surface area contributed by atoms with Gasteiger partial charge in [-0.1, -0.05) is 134 Å². The number of allylic oxidation sites excluding steroid dienone is 3. The maximum atomic E-state index is 9.78. The second-order valence-corrected chi connectivity index (χ2v) is 13.7. The molecule has 2 saturated carbocycles. The monoisotopic (exact) mass is 560 g/mol. The van der Waals surface area contributed by atoms with Crippen LogP contribution in [0.2, 0.25) is 0 Å². The summed E-state index contributed by atoms with van der Waals surface area (Å²) >= 11 is 0. The molecule has 0 aromatic heterocycles. The molecule has 0 amide bonds. The van der Waals surface area contributed by atoms with E-state index < -0.39 is 0 Å². The molecular formula is C36H64O4. The van der Waals surface area contributed by atoms with Crippen LogP contribution < -0.4 is 0 Å². The Hall–Kier alpha value is -0.680. The SMILES string of the molecule is CCCCCCC1C=CC2(CCCCCCC2COO)C(/C=C2/CCCCCCC2COO)C1CCCCCC. The maximum Gasteiger partial charge on any atom is 0.0884 e. The molecule has 0 aliphatic heterocycles. The Kier molecular flexibility index (Phi) is 16.5. The van der Waals surface area contributed by atoms with E-state index in [1.54, 1.807) is 5.57 Å². The lowest BCUT2D eigenvalue weighted by atomic mass is 9.52. The molecular weight excluding hydrogens is 496 g/mol. The Morgan fingerprint density at radius 3 is 2.17 bits per heavy atom. The fraction of sp³-hybridized carbons (Fsp3) is 0.889. The number of hydrogen-bond acceptors (Lipinski definition) is 4. The second-order valence-electron chi connectivity index (χ2n) is 13.7. The van der Waals surface area contributed by atoms with E-state index in [9.17, 15) is 10.5 Å². The summed E-state index contributed by atoms with van der Waals surface area (Å²) in [7, 11) is 0. The van der Waals surface area contributed by atoms with Gasteiger partial charge >= 0.3 is 0 Å². The molecule has 6 unspecified atom stereocenters. The number of hydrogen-bond donors (Lipinski definition) is 2. The molecule has 0 heterocycles. The first kappa shape index (κ1) is 33.8. The highest BCUT2D eigenvalue weighted by Gasteiger charge is 2.49. The molecule has 3 aliphatic carbocycles. The predicted octanol–water partition coefficient (Wildman–Crippen LogP) is 11.2. The second kappa shape index (κ2) is 19.5.